The van der Waals surface area contributed by atoms with E-state index in [0.29, 0.717) is 97.1 Å². The van der Waals surface area contributed by atoms with Crippen molar-refractivity contribution in [3.63, 3.8) is 0 Å². The first-order chi connectivity index (χ1) is 29.3. The molecule has 3 saturated heterocycles. The molecule has 3 aromatic heterocycles. The predicted octanol–water partition coefficient (Wildman–Crippen LogP) is 2.97. The van der Waals surface area contributed by atoms with E-state index in [2.05, 4.69) is 41.2 Å². The van der Waals surface area contributed by atoms with E-state index in [1.54, 1.807) is 46.6 Å². The molecule has 2 atom stereocenters. The summed E-state index contributed by atoms with van der Waals surface area (Å²) >= 11 is 0. The van der Waals surface area contributed by atoms with Gasteiger partial charge in [-0.2, -0.15) is 15.3 Å². The number of ether oxygens (including phenoxy) is 5. The number of hydrogen-bond donors (Lipinski definition) is 8. The molecule has 9 rings (SSSR count). The Bertz CT molecular complexity index is 2200. The van der Waals surface area contributed by atoms with E-state index < -0.39 is 6.10 Å². The van der Waals surface area contributed by atoms with Crippen LogP contribution in [0.2, 0.25) is 0 Å². The summed E-state index contributed by atoms with van der Waals surface area (Å²) in [4.78, 5) is 26.6. The van der Waals surface area contributed by atoms with Crippen LogP contribution in [0.15, 0.2) is 73.2 Å². The highest BCUT2D eigenvalue weighted by Gasteiger charge is 2.23. The molecule has 330 valence electrons. The van der Waals surface area contributed by atoms with Crippen molar-refractivity contribution >= 4 is 44.8 Å². The average molecular weight is 848 g/mol. The number of fused-ring (bicyclic) bond motifs is 3. The molecular formula is C41H57N11O9. The third kappa shape index (κ3) is 15.1. The number of phenols is 1. The lowest BCUT2D eigenvalue weighted by molar-refractivity contribution is 0.0525. The van der Waals surface area contributed by atoms with Gasteiger partial charge in [0.25, 0.3) is 0 Å². The highest BCUT2D eigenvalue weighted by Crippen LogP contribution is 2.21. The number of aromatic amines is 3. The number of nitrogens with two attached hydrogens (primary N) is 1. The number of H-pyrrole nitrogens is 3. The van der Waals surface area contributed by atoms with Gasteiger partial charge in [-0.1, -0.05) is 7.43 Å². The summed E-state index contributed by atoms with van der Waals surface area (Å²) in [6.45, 7) is 8.05. The smallest absolute Gasteiger partial charge is 0.317 e. The molecule has 6 aromatic rings. The lowest BCUT2D eigenvalue weighted by atomic mass is 10.2. The van der Waals surface area contributed by atoms with Crippen molar-refractivity contribution in [2.75, 3.05) is 92.1 Å². The zero-order valence-electron chi connectivity index (χ0n) is 33.3. The summed E-state index contributed by atoms with van der Waals surface area (Å²) in [5.41, 5.74) is 8.16. The minimum absolute atomic E-state index is 0. The van der Waals surface area contributed by atoms with E-state index in [1.807, 2.05) is 36.4 Å². The monoisotopic (exact) mass is 847 g/mol. The molecule has 20 nitrogen and oxygen atoms in total. The van der Waals surface area contributed by atoms with Crippen molar-refractivity contribution in [1.82, 2.24) is 51.0 Å². The second-order valence-corrected chi connectivity index (χ2v) is 13.9. The lowest BCUT2D eigenvalue weighted by Gasteiger charge is -2.27. The first-order valence-electron chi connectivity index (χ1n) is 19.8. The van der Waals surface area contributed by atoms with Crippen LogP contribution in [0.25, 0.3) is 32.7 Å². The lowest BCUT2D eigenvalue weighted by Crippen LogP contribution is -2.47. The molecule has 0 radical (unpaired) electrons. The highest BCUT2D eigenvalue weighted by molar-refractivity contribution is 5.80. The first kappa shape index (κ1) is 45.9. The van der Waals surface area contributed by atoms with E-state index in [0.717, 1.165) is 45.1 Å². The topological polar surface area (TPSA) is 267 Å². The Balaban J connectivity index is 0.000000163. The molecule has 20 heteroatoms. The Morgan fingerprint density at radius 1 is 0.754 bits per heavy atom. The van der Waals surface area contributed by atoms with Crippen molar-refractivity contribution in [2.24, 2.45) is 5.73 Å². The number of aliphatic hydroxyl groups excluding tert-OH is 1. The van der Waals surface area contributed by atoms with Gasteiger partial charge < -0.3 is 60.1 Å². The molecule has 9 N–H and O–H groups in total. The molecule has 1 unspecified atom stereocenters. The van der Waals surface area contributed by atoms with Gasteiger partial charge in [-0.3, -0.25) is 15.3 Å². The number of nitrogens with zero attached hydrogens (tertiary/aromatic N) is 5. The SMILES string of the molecule is C.NCCNC(=O)N1CCOCC1.O=C(NCC[C@H](O)COc1ccc2[nH]ncc2c1)N1CCOCC1.Oc1ccc2[nH]ncc2c1.c1cc2[nH]ncc2cc1OCC1CO1. The molecule has 0 saturated carbocycles. The van der Waals surface area contributed by atoms with Gasteiger partial charge in [-0.15, -0.1) is 0 Å². The van der Waals surface area contributed by atoms with Crippen molar-refractivity contribution in [2.45, 2.75) is 26.1 Å². The van der Waals surface area contributed by atoms with Crippen LogP contribution in [0.3, 0.4) is 0 Å². The number of phenolic OH excluding ortho intramolecular Hbond substituents is 1. The van der Waals surface area contributed by atoms with Crippen LogP contribution in [0.5, 0.6) is 17.2 Å². The van der Waals surface area contributed by atoms with E-state index in [1.165, 1.54) is 0 Å². The number of benzene rings is 3. The van der Waals surface area contributed by atoms with Crippen LogP contribution >= 0.6 is 0 Å². The molecule has 0 bridgehead atoms. The highest BCUT2D eigenvalue weighted by atomic mass is 16.6. The third-order valence-corrected chi connectivity index (χ3v) is 9.30. The maximum atomic E-state index is 11.9. The number of epoxide rings is 1. The first-order valence-corrected chi connectivity index (χ1v) is 19.8. The van der Waals surface area contributed by atoms with Gasteiger partial charge in [0.2, 0.25) is 0 Å². The maximum Gasteiger partial charge on any atom is 0.317 e. The minimum atomic E-state index is -0.643. The van der Waals surface area contributed by atoms with Crippen LogP contribution in [0.1, 0.15) is 13.8 Å². The number of morpholine rings is 2. The summed E-state index contributed by atoms with van der Waals surface area (Å²) in [6, 6.07) is 16.4. The number of carbonyl (C=O) groups excluding carboxylic acids is 2. The Hall–Kier alpha value is -6.19. The van der Waals surface area contributed by atoms with Crippen molar-refractivity contribution in [3.05, 3.63) is 73.2 Å². The minimum Gasteiger partial charge on any atom is -0.508 e. The van der Waals surface area contributed by atoms with Gasteiger partial charge in [0.15, 0.2) is 0 Å². The molecule has 4 amide bonds. The maximum absolute atomic E-state index is 11.9. The van der Waals surface area contributed by atoms with Gasteiger partial charge in [0, 0.05) is 62.0 Å². The van der Waals surface area contributed by atoms with Crippen LogP contribution in [-0.2, 0) is 14.2 Å². The van der Waals surface area contributed by atoms with Crippen molar-refractivity contribution in [3.8, 4) is 17.2 Å². The van der Waals surface area contributed by atoms with Crippen LogP contribution in [-0.4, -0.2) is 167 Å². The zero-order chi connectivity index (χ0) is 41.9. The van der Waals surface area contributed by atoms with E-state index in [-0.39, 0.29) is 31.8 Å². The number of hydrogen-bond acceptors (Lipinski definition) is 13. The normalized spacial score (nSPS) is 16.1. The fourth-order valence-electron chi connectivity index (χ4n) is 5.86. The average Bonchev–Trinajstić information content (AvgIpc) is 3.58. The second kappa shape index (κ2) is 24.2. The van der Waals surface area contributed by atoms with E-state index in [4.69, 9.17) is 34.5 Å². The number of amides is 4. The molecule has 0 spiro atoms. The molecular weight excluding hydrogens is 791 g/mol. The summed E-state index contributed by atoms with van der Waals surface area (Å²) in [5, 5.41) is 47.7. The largest absolute Gasteiger partial charge is 0.508 e. The molecule has 0 aliphatic carbocycles. The number of aliphatic hydroxyl groups is 1. The van der Waals surface area contributed by atoms with Crippen LogP contribution in [0, 0.1) is 0 Å². The number of aromatic hydroxyl groups is 1. The van der Waals surface area contributed by atoms with E-state index in [9.17, 15) is 14.7 Å². The standard InChI is InChI=1S/C16H22N4O4.C10H10N2O2.C7H15N3O2.C7H6N2O.CH4/c21-13(3-4-17-16(22)20-5-7-23-8-6-20)11-24-14-1-2-15-12(9-14)10-18-19-15;1-2-10-7(4-11-12-10)3-8(1)13-5-9-6-14-9;8-1-2-9-7(11)10-3-5-12-6-4-10;10-6-1-2-7-5(3-6)4-8-9-7;/h1-2,9-10,13,21H,3-8,11H2,(H,17,22)(H,18,19);1-4,9H,5-6H2,(H,11,12);1-6,8H2,(H,9,11);1-4,10H,(H,8,9);1H4/t13-;;;;/m0..../s1. The number of nitrogens with one attached hydrogen (secondary N) is 5. The number of rotatable bonds is 11. The fourth-order valence-corrected chi connectivity index (χ4v) is 5.86. The number of carbonyl (C=O) groups is 2. The number of aromatic nitrogens is 6. The summed E-state index contributed by atoms with van der Waals surface area (Å²) < 4.78 is 26.5. The molecule has 3 aromatic carbocycles. The second-order valence-electron chi connectivity index (χ2n) is 13.9. The van der Waals surface area contributed by atoms with Crippen LogP contribution in [0.4, 0.5) is 9.59 Å². The van der Waals surface area contributed by atoms with Crippen LogP contribution < -0.4 is 25.8 Å². The molecule has 3 aliphatic heterocycles. The molecule has 3 fully saturated rings. The van der Waals surface area contributed by atoms with Gasteiger partial charge in [-0.25, -0.2) is 9.59 Å². The van der Waals surface area contributed by atoms with Gasteiger partial charge in [0.1, 0.15) is 36.6 Å². The van der Waals surface area contributed by atoms with Crippen molar-refractivity contribution < 1.29 is 43.5 Å². The number of urea groups is 2. The van der Waals surface area contributed by atoms with E-state index >= 15 is 0 Å². The summed E-state index contributed by atoms with van der Waals surface area (Å²) in [7, 11) is 0. The predicted molar refractivity (Wildman–Crippen MR) is 229 cm³/mol. The quantitative estimate of drug-likeness (QED) is 0.0873. The summed E-state index contributed by atoms with van der Waals surface area (Å²) in [6.07, 6.45) is 5.28. The van der Waals surface area contributed by atoms with Gasteiger partial charge in [0.05, 0.1) is 74.3 Å². The Labute approximate surface area is 353 Å². The fraction of sp³-hybridized carbons (Fsp3) is 0.439. The third-order valence-electron chi connectivity index (χ3n) is 9.30. The summed E-state index contributed by atoms with van der Waals surface area (Å²) in [5.74, 6) is 1.82. The van der Waals surface area contributed by atoms with Crippen molar-refractivity contribution in [1.29, 1.82) is 0 Å². The Morgan fingerprint density at radius 3 is 1.74 bits per heavy atom. The molecule has 3 aliphatic rings. The van der Waals surface area contributed by atoms with Gasteiger partial charge in [-0.05, 0) is 61.0 Å². The Kier molecular flexibility index (Phi) is 18.2. The zero-order valence-corrected chi connectivity index (χ0v) is 33.3. The Morgan fingerprint density at radius 2 is 1.23 bits per heavy atom. The molecule has 61 heavy (non-hydrogen) atoms. The van der Waals surface area contributed by atoms with Gasteiger partial charge >= 0.3 is 12.1 Å². The molecule has 6 heterocycles.